The summed E-state index contributed by atoms with van der Waals surface area (Å²) in [6, 6.07) is 102. The lowest BCUT2D eigenvalue weighted by molar-refractivity contribution is 1.28. The van der Waals surface area contributed by atoms with Gasteiger partial charge in [0.1, 0.15) is 0 Å². The minimum atomic E-state index is 0.974. The summed E-state index contributed by atoms with van der Waals surface area (Å²) in [5.41, 5.74) is 16.3. The highest BCUT2D eigenvalue weighted by atomic mass is 15.1. The summed E-state index contributed by atoms with van der Waals surface area (Å²) in [6.45, 7) is 4.35. The predicted molar refractivity (Wildman–Crippen MR) is 332 cm³/mol. The molecular weight excluding hydrogens is 929 g/mol. The fraction of sp³-hybridized carbons (Fsp3) is 0.0400. The van der Waals surface area contributed by atoms with Crippen molar-refractivity contribution in [3.63, 3.8) is 0 Å². The van der Waals surface area contributed by atoms with Crippen LogP contribution in [0.3, 0.4) is 0 Å². The van der Waals surface area contributed by atoms with Gasteiger partial charge in [-0.25, -0.2) is 0 Å². The molecule has 0 heterocycles. The largest absolute Gasteiger partial charge is 0.311 e. The number of nitrogens with zero attached hydrogens (tertiary/aromatic N) is 2. The number of hydrogen-bond donors (Lipinski definition) is 0. The van der Waals surface area contributed by atoms with Crippen LogP contribution in [0.5, 0.6) is 0 Å². The average Bonchev–Trinajstić information content (AvgIpc) is 3.50. The molecule has 0 radical (unpaired) electrons. The van der Waals surface area contributed by atoms with Crippen molar-refractivity contribution < 1.29 is 0 Å². The van der Waals surface area contributed by atoms with Crippen LogP contribution in [0, 0.1) is 0 Å². The molecule has 0 aromatic heterocycles. The molecule has 0 aliphatic carbocycles. The normalized spacial score (nSPS) is 12.0. The summed E-state index contributed by atoms with van der Waals surface area (Å²) < 4.78 is 0. The van der Waals surface area contributed by atoms with E-state index in [1.54, 1.807) is 0 Å². The van der Waals surface area contributed by atoms with E-state index >= 15 is 0 Å². The van der Waals surface area contributed by atoms with E-state index in [1.807, 2.05) is 0 Å². The first kappa shape index (κ1) is 47.0. The smallest absolute Gasteiger partial charge is 0.0462 e. The van der Waals surface area contributed by atoms with Gasteiger partial charge in [0.15, 0.2) is 0 Å². The Balaban J connectivity index is 1.05. The van der Waals surface area contributed by atoms with Gasteiger partial charge in [0.05, 0.1) is 0 Å². The van der Waals surface area contributed by atoms with Crippen LogP contribution in [0.15, 0.2) is 279 Å². The van der Waals surface area contributed by atoms with Crippen LogP contribution < -0.4 is 20.2 Å². The van der Waals surface area contributed by atoms with Crippen LogP contribution in [-0.4, -0.2) is 0 Å². The van der Waals surface area contributed by atoms with E-state index in [0.717, 1.165) is 46.1 Å². The molecule has 0 unspecified atom stereocenters. The molecule has 0 spiro atoms. The highest BCUT2D eigenvalue weighted by molar-refractivity contribution is 6.25. The summed E-state index contributed by atoms with van der Waals surface area (Å²) in [6.07, 6.45) is 5.53. The maximum atomic E-state index is 2.49. The zero-order valence-corrected chi connectivity index (χ0v) is 43.3. The molecule has 0 bridgehead atoms. The number of benzene rings is 13. The number of rotatable bonds is 11. The molecule has 0 saturated heterocycles. The number of para-hydroxylation sites is 4. The van der Waals surface area contributed by atoms with Gasteiger partial charge in [-0.1, -0.05) is 213 Å². The molecule has 13 aromatic carbocycles. The molecule has 0 fully saturated rings. The first-order chi connectivity index (χ1) is 38.1. The molecule has 0 aliphatic rings. The Morgan fingerprint density at radius 3 is 0.909 bits per heavy atom. The van der Waals surface area contributed by atoms with Gasteiger partial charge in [-0.2, -0.15) is 0 Å². The molecule has 77 heavy (non-hydrogen) atoms. The number of fused-ring (bicyclic) bond motifs is 4. The Morgan fingerprint density at radius 1 is 0.260 bits per heavy atom. The van der Waals surface area contributed by atoms with Crippen molar-refractivity contribution in [2.24, 2.45) is 0 Å². The fourth-order valence-corrected chi connectivity index (χ4v) is 11.9. The van der Waals surface area contributed by atoms with E-state index in [-0.39, 0.29) is 0 Å². The lowest BCUT2D eigenvalue weighted by Crippen LogP contribution is -2.23. The maximum absolute atomic E-state index is 2.49. The van der Waals surface area contributed by atoms with Gasteiger partial charge >= 0.3 is 0 Å². The van der Waals surface area contributed by atoms with Crippen LogP contribution in [0.25, 0.3) is 99.7 Å². The van der Waals surface area contributed by atoms with Gasteiger partial charge in [0.2, 0.25) is 0 Å². The van der Waals surface area contributed by atoms with Gasteiger partial charge in [0.25, 0.3) is 0 Å². The number of anilines is 6. The molecule has 13 rings (SSSR count). The first-order valence-corrected chi connectivity index (χ1v) is 26.9. The molecule has 0 amide bonds. The monoisotopic (exact) mass is 984 g/mol. The van der Waals surface area contributed by atoms with Gasteiger partial charge in [-0.15, -0.1) is 0 Å². The third-order valence-electron chi connectivity index (χ3n) is 15.2. The van der Waals surface area contributed by atoms with E-state index in [2.05, 4.69) is 315 Å². The van der Waals surface area contributed by atoms with Crippen molar-refractivity contribution in [1.82, 2.24) is 0 Å². The van der Waals surface area contributed by atoms with E-state index in [4.69, 9.17) is 0 Å². The van der Waals surface area contributed by atoms with Crippen molar-refractivity contribution in [2.75, 3.05) is 9.80 Å². The summed E-state index contributed by atoms with van der Waals surface area (Å²) in [5, 5.41) is 12.3. The highest BCUT2D eigenvalue weighted by Crippen LogP contribution is 2.49. The van der Waals surface area contributed by atoms with E-state index in [1.165, 1.54) is 92.5 Å². The van der Waals surface area contributed by atoms with Crippen molar-refractivity contribution in [3.8, 4) is 44.5 Å². The SMILES string of the molecule is C/C=c1/ccc(-c2c3ccccc3c(-c3ccc4c(-c5ccc(N(c6ccccc6)c6ccccc6)cc5)c5ccccc5c(-c5ccc(N(c6ccccc6)c6ccccc6)cc5)c4c3)c3ccccc23)c/c1=C/CC. The molecule has 0 aliphatic heterocycles. The Labute approximate surface area is 451 Å². The lowest BCUT2D eigenvalue weighted by atomic mass is 9.82. The lowest BCUT2D eigenvalue weighted by Gasteiger charge is -2.26. The fourth-order valence-electron chi connectivity index (χ4n) is 11.9. The molecule has 0 atom stereocenters. The Hall–Kier alpha value is -9.76. The minimum Gasteiger partial charge on any atom is -0.311 e. The second-order valence-electron chi connectivity index (χ2n) is 19.7. The molecule has 2 heteroatoms. The van der Waals surface area contributed by atoms with Crippen molar-refractivity contribution in [1.29, 1.82) is 0 Å². The second kappa shape index (κ2) is 20.5. The van der Waals surface area contributed by atoms with Crippen LogP contribution >= 0.6 is 0 Å². The maximum Gasteiger partial charge on any atom is 0.0462 e. The molecule has 2 nitrogen and oxygen atoms in total. The summed E-state index contributed by atoms with van der Waals surface area (Å²) >= 11 is 0. The molecule has 13 aromatic rings. The van der Waals surface area contributed by atoms with Crippen LogP contribution in [0.2, 0.25) is 0 Å². The van der Waals surface area contributed by atoms with Crippen molar-refractivity contribution in [2.45, 2.75) is 20.3 Å². The third-order valence-corrected chi connectivity index (χ3v) is 15.2. The Kier molecular flexibility index (Phi) is 12.5. The molecule has 366 valence electrons. The first-order valence-electron chi connectivity index (χ1n) is 26.9. The summed E-state index contributed by atoms with van der Waals surface area (Å²) in [5.74, 6) is 0. The van der Waals surface area contributed by atoms with Crippen LogP contribution in [0.1, 0.15) is 20.3 Å². The predicted octanol–water partition coefficient (Wildman–Crippen LogP) is 19.9. The van der Waals surface area contributed by atoms with Crippen molar-refractivity contribution in [3.05, 3.63) is 289 Å². The quantitative estimate of drug-likeness (QED) is 0.119. The van der Waals surface area contributed by atoms with Crippen molar-refractivity contribution >= 4 is 89.4 Å². The van der Waals surface area contributed by atoms with Gasteiger partial charge in [-0.05, 0) is 196 Å². The van der Waals surface area contributed by atoms with Gasteiger partial charge in [0, 0.05) is 34.1 Å². The zero-order chi connectivity index (χ0) is 51.7. The zero-order valence-electron chi connectivity index (χ0n) is 43.3. The topological polar surface area (TPSA) is 6.48 Å². The molecular formula is C75H56N2. The Morgan fingerprint density at radius 2 is 0.545 bits per heavy atom. The highest BCUT2D eigenvalue weighted by Gasteiger charge is 2.22. The van der Waals surface area contributed by atoms with Gasteiger partial charge in [-0.3, -0.25) is 0 Å². The van der Waals surface area contributed by atoms with E-state index in [0.29, 0.717) is 0 Å². The molecule has 0 saturated carbocycles. The summed E-state index contributed by atoms with van der Waals surface area (Å²) in [4.78, 5) is 4.66. The summed E-state index contributed by atoms with van der Waals surface area (Å²) in [7, 11) is 0. The van der Waals surface area contributed by atoms with E-state index < -0.39 is 0 Å². The third kappa shape index (κ3) is 8.60. The standard InChI is InChI=1S/C75H56N2/c1-3-23-55-50-56(39-38-52(55)4-2)74-66-34-19-21-36-68(66)75(69-37-22-20-35-67(69)74)57-44-49-70-71(51-57)73(54-42-47-63(48-43-54)77(60-28-13-7-14-29-60)61-30-15-8-16-31-61)65-33-18-17-32-64(65)72(70)53-40-45-62(46-41-53)76(58-24-9-5-10-25-58)59-26-11-6-12-27-59/h4-51H,3H2,1-2H3/b52-4-,55-23-. The molecule has 0 N–H and O–H groups in total. The second-order valence-corrected chi connectivity index (χ2v) is 19.7. The van der Waals surface area contributed by atoms with E-state index in [9.17, 15) is 0 Å². The average molecular weight is 985 g/mol. The van der Waals surface area contributed by atoms with Gasteiger partial charge < -0.3 is 9.80 Å². The number of hydrogen-bond acceptors (Lipinski definition) is 2. The van der Waals surface area contributed by atoms with Crippen LogP contribution in [0.4, 0.5) is 34.1 Å². The van der Waals surface area contributed by atoms with Crippen LogP contribution in [-0.2, 0) is 0 Å². The Bertz CT molecular complexity index is 4260. The minimum absolute atomic E-state index is 0.974.